The molecule has 0 saturated heterocycles. The molecule has 54 valence electrons. The molecule has 0 aliphatic carbocycles. The van der Waals surface area contributed by atoms with Gasteiger partial charge in [0.2, 0.25) is 0 Å². The van der Waals surface area contributed by atoms with Crippen molar-refractivity contribution in [2.24, 2.45) is 5.73 Å². The van der Waals surface area contributed by atoms with Gasteiger partial charge in [0.15, 0.2) is 0 Å². The van der Waals surface area contributed by atoms with Crippen LogP contribution in [0.1, 0.15) is 13.3 Å². The summed E-state index contributed by atoms with van der Waals surface area (Å²) in [6.45, 7) is 2.00. The van der Waals surface area contributed by atoms with Crippen molar-refractivity contribution in [3.8, 4) is 0 Å². The van der Waals surface area contributed by atoms with E-state index in [0.29, 0.717) is 12.1 Å². The average Bonchev–Trinajstić information content (AvgIpc) is 1.90. The van der Waals surface area contributed by atoms with Crippen molar-refractivity contribution in [2.75, 3.05) is 13.6 Å². The van der Waals surface area contributed by atoms with E-state index in [-0.39, 0.29) is 12.4 Å². The lowest BCUT2D eigenvalue weighted by Crippen LogP contribution is -2.17. The molecule has 9 heavy (non-hydrogen) atoms. The van der Waals surface area contributed by atoms with Crippen molar-refractivity contribution in [3.63, 3.8) is 0 Å². The van der Waals surface area contributed by atoms with E-state index in [1.807, 2.05) is 0 Å². The molecule has 0 aromatic heterocycles. The number of nitrogens with two attached hydrogens (primary N) is 1. The molecule has 0 atom stereocenters. The fourth-order valence-electron chi connectivity index (χ4n) is 0.562. The van der Waals surface area contributed by atoms with E-state index in [1.54, 1.807) is 14.0 Å². The van der Waals surface area contributed by atoms with Gasteiger partial charge in [-0.1, -0.05) is 6.92 Å². The van der Waals surface area contributed by atoms with Gasteiger partial charge in [0.05, 0.1) is 5.70 Å². The van der Waals surface area contributed by atoms with E-state index in [4.69, 9.17) is 5.73 Å². The maximum atomic E-state index is 12.5. The smallest absolute Gasteiger partial charge is 0.120 e. The zero-order chi connectivity index (χ0) is 7.28. The van der Waals surface area contributed by atoms with Gasteiger partial charge in [0, 0.05) is 13.6 Å². The second-order valence-electron chi connectivity index (χ2n) is 1.69. The molecule has 2 nitrogen and oxygen atoms in total. The van der Waals surface area contributed by atoms with Crippen LogP contribution in [0.2, 0.25) is 0 Å². The van der Waals surface area contributed by atoms with Gasteiger partial charge in [-0.15, -0.1) is 0 Å². The SMILES string of the molecule is CC/C(F)=C(/CN)NC. The number of allylic oxidation sites excluding steroid dienone is 1. The van der Waals surface area contributed by atoms with E-state index < -0.39 is 0 Å². The number of hydrogen-bond acceptors (Lipinski definition) is 2. The maximum absolute atomic E-state index is 12.5. The molecular formula is C6H13FN2. The van der Waals surface area contributed by atoms with Gasteiger partial charge in [0.1, 0.15) is 5.83 Å². The lowest BCUT2D eigenvalue weighted by molar-refractivity contribution is 0.576. The Morgan fingerprint density at radius 1 is 1.67 bits per heavy atom. The monoisotopic (exact) mass is 132 g/mol. The Labute approximate surface area is 54.9 Å². The Bertz CT molecular complexity index is 104. The van der Waals surface area contributed by atoms with Crippen LogP contribution < -0.4 is 11.1 Å². The molecule has 0 aliphatic rings. The first kappa shape index (κ1) is 8.43. The van der Waals surface area contributed by atoms with E-state index >= 15 is 0 Å². The molecule has 0 amide bonds. The normalized spacial score (nSPS) is 12.9. The van der Waals surface area contributed by atoms with Crippen LogP contribution in [0.4, 0.5) is 4.39 Å². The van der Waals surface area contributed by atoms with Crippen LogP contribution in [0.5, 0.6) is 0 Å². The first-order valence-corrected chi connectivity index (χ1v) is 3.01. The number of rotatable bonds is 3. The van der Waals surface area contributed by atoms with Gasteiger partial charge in [-0.2, -0.15) is 0 Å². The molecule has 0 aromatic rings. The van der Waals surface area contributed by atoms with Gasteiger partial charge in [0.25, 0.3) is 0 Å². The molecule has 0 radical (unpaired) electrons. The lowest BCUT2D eigenvalue weighted by atomic mass is 10.3. The van der Waals surface area contributed by atoms with E-state index in [9.17, 15) is 4.39 Å². The quantitative estimate of drug-likeness (QED) is 0.594. The van der Waals surface area contributed by atoms with Crippen LogP contribution in [0.25, 0.3) is 0 Å². The van der Waals surface area contributed by atoms with Gasteiger partial charge in [-0.05, 0) is 6.42 Å². The summed E-state index contributed by atoms with van der Waals surface area (Å²) in [5, 5.41) is 2.68. The van der Waals surface area contributed by atoms with Crippen molar-refractivity contribution in [3.05, 3.63) is 11.5 Å². The van der Waals surface area contributed by atoms with Gasteiger partial charge >= 0.3 is 0 Å². The molecule has 0 bridgehead atoms. The molecule has 0 rings (SSSR count). The first-order valence-electron chi connectivity index (χ1n) is 3.01. The summed E-state index contributed by atoms with van der Waals surface area (Å²) in [6.07, 6.45) is 0.410. The van der Waals surface area contributed by atoms with Crippen molar-refractivity contribution in [2.45, 2.75) is 13.3 Å². The Hall–Kier alpha value is -0.570. The zero-order valence-corrected chi connectivity index (χ0v) is 5.87. The predicted octanol–water partition coefficient (Wildman–Crippen LogP) is 0.756. The molecule has 0 aromatic carbocycles. The number of nitrogens with one attached hydrogen (secondary N) is 1. The number of likely N-dealkylation sites (N-methyl/N-ethyl adjacent to an activating group) is 1. The predicted molar refractivity (Wildman–Crippen MR) is 36.5 cm³/mol. The Kier molecular flexibility index (Phi) is 4.05. The van der Waals surface area contributed by atoms with E-state index in [0.717, 1.165) is 0 Å². The van der Waals surface area contributed by atoms with Crippen LogP contribution in [-0.2, 0) is 0 Å². The summed E-state index contributed by atoms with van der Waals surface area (Å²) >= 11 is 0. The fourth-order valence-corrected chi connectivity index (χ4v) is 0.562. The van der Waals surface area contributed by atoms with Crippen molar-refractivity contribution < 1.29 is 4.39 Å². The summed E-state index contributed by atoms with van der Waals surface area (Å²) in [5.74, 6) is -0.153. The average molecular weight is 132 g/mol. The Morgan fingerprint density at radius 3 is 2.33 bits per heavy atom. The molecule has 3 heteroatoms. The molecule has 0 aliphatic heterocycles. The summed E-state index contributed by atoms with van der Waals surface area (Å²) in [7, 11) is 1.66. The fraction of sp³-hybridized carbons (Fsp3) is 0.667. The van der Waals surface area contributed by atoms with E-state index in [2.05, 4.69) is 5.32 Å². The van der Waals surface area contributed by atoms with Crippen LogP contribution >= 0.6 is 0 Å². The maximum Gasteiger partial charge on any atom is 0.120 e. The Morgan fingerprint density at radius 2 is 2.22 bits per heavy atom. The minimum Gasteiger partial charge on any atom is -0.388 e. The molecule has 0 saturated carbocycles. The topological polar surface area (TPSA) is 38.0 Å². The second-order valence-corrected chi connectivity index (χ2v) is 1.69. The zero-order valence-electron chi connectivity index (χ0n) is 5.87. The summed E-state index contributed by atoms with van der Waals surface area (Å²) in [6, 6.07) is 0. The highest BCUT2D eigenvalue weighted by atomic mass is 19.1. The third-order valence-corrected chi connectivity index (χ3v) is 1.14. The van der Waals surface area contributed by atoms with Gasteiger partial charge in [-0.3, -0.25) is 0 Å². The highest BCUT2D eigenvalue weighted by Crippen LogP contribution is 2.04. The standard InChI is InChI=1S/C6H13FN2/c1-3-5(7)6(4-8)9-2/h9H,3-4,8H2,1-2H3/b6-5+. The number of halogens is 1. The first-order chi connectivity index (χ1) is 4.26. The molecule has 0 heterocycles. The van der Waals surface area contributed by atoms with Gasteiger partial charge in [-0.25, -0.2) is 4.39 Å². The van der Waals surface area contributed by atoms with Crippen LogP contribution in [-0.4, -0.2) is 13.6 Å². The summed E-state index contributed by atoms with van der Waals surface area (Å²) in [5.41, 5.74) is 5.70. The highest BCUT2D eigenvalue weighted by Gasteiger charge is 1.97. The van der Waals surface area contributed by atoms with Crippen molar-refractivity contribution in [1.82, 2.24) is 5.32 Å². The Balaban J connectivity index is 4.01. The molecule has 0 fully saturated rings. The van der Waals surface area contributed by atoms with Crippen LogP contribution in [0.3, 0.4) is 0 Å². The molecular weight excluding hydrogens is 119 g/mol. The second kappa shape index (κ2) is 4.32. The summed E-state index contributed by atoms with van der Waals surface area (Å²) < 4.78 is 12.5. The minimum atomic E-state index is -0.153. The number of hydrogen-bond donors (Lipinski definition) is 2. The largest absolute Gasteiger partial charge is 0.388 e. The minimum absolute atomic E-state index is 0.153. The third-order valence-electron chi connectivity index (χ3n) is 1.14. The molecule has 3 N–H and O–H groups in total. The highest BCUT2D eigenvalue weighted by molar-refractivity contribution is 5.05. The van der Waals surface area contributed by atoms with E-state index in [1.165, 1.54) is 0 Å². The van der Waals surface area contributed by atoms with Crippen molar-refractivity contribution >= 4 is 0 Å². The lowest BCUT2D eigenvalue weighted by Gasteiger charge is -2.03. The van der Waals surface area contributed by atoms with Gasteiger partial charge < -0.3 is 11.1 Å². The molecule has 0 unspecified atom stereocenters. The third kappa shape index (κ3) is 2.46. The summed E-state index contributed by atoms with van der Waals surface area (Å²) in [4.78, 5) is 0. The van der Waals surface area contributed by atoms with Crippen molar-refractivity contribution in [1.29, 1.82) is 0 Å². The van der Waals surface area contributed by atoms with Crippen LogP contribution in [0.15, 0.2) is 11.5 Å². The molecule has 0 spiro atoms. The van der Waals surface area contributed by atoms with Crippen LogP contribution in [0, 0.1) is 0 Å².